The lowest BCUT2D eigenvalue weighted by molar-refractivity contribution is -0.173. The molecule has 0 unspecified atom stereocenters. The molecule has 2 aliphatic heterocycles. The van der Waals surface area contributed by atoms with Crippen molar-refractivity contribution >= 4 is 17.7 Å². The van der Waals surface area contributed by atoms with Gasteiger partial charge in [0, 0.05) is 51.3 Å². The van der Waals surface area contributed by atoms with Gasteiger partial charge in [-0.2, -0.15) is 18.3 Å². The Kier molecular flexibility index (Phi) is 8.35. The fourth-order valence-electron chi connectivity index (χ4n) is 5.36. The number of carbonyl (C=O) groups excluding carboxylic acids is 1. The summed E-state index contributed by atoms with van der Waals surface area (Å²) < 4.78 is 59.7. The normalized spacial score (nSPS) is 19.0. The Bertz CT molecular complexity index is 1430. The van der Waals surface area contributed by atoms with Crippen molar-refractivity contribution in [1.29, 1.82) is 0 Å². The largest absolute Gasteiger partial charge is 0.493 e. The number of rotatable bonds is 6. The number of anilines is 2. The number of hydrogen-bond acceptors (Lipinski definition) is 8. The number of hydrogen-bond donors (Lipinski definition) is 1. The number of benzene rings is 1. The van der Waals surface area contributed by atoms with E-state index >= 15 is 0 Å². The van der Waals surface area contributed by atoms with Crippen LogP contribution in [0.5, 0.6) is 11.5 Å². The van der Waals surface area contributed by atoms with Crippen LogP contribution in [0.25, 0.3) is 0 Å². The highest BCUT2D eigenvalue weighted by Gasteiger charge is 2.46. The van der Waals surface area contributed by atoms with Gasteiger partial charge in [0.15, 0.2) is 17.5 Å². The lowest BCUT2D eigenvalue weighted by Gasteiger charge is -2.36. The smallest absolute Gasteiger partial charge is 0.410 e. The summed E-state index contributed by atoms with van der Waals surface area (Å²) in [5, 5.41) is 7.58. The van der Waals surface area contributed by atoms with Gasteiger partial charge in [-0.05, 0) is 50.1 Å². The van der Waals surface area contributed by atoms with E-state index in [1.54, 1.807) is 35.4 Å². The van der Waals surface area contributed by atoms with Crippen LogP contribution in [-0.4, -0.2) is 77.9 Å². The third-order valence-corrected chi connectivity index (χ3v) is 7.50. The molecule has 0 saturated carbocycles. The molecule has 1 saturated heterocycles. The predicted octanol–water partition coefficient (Wildman–Crippen LogP) is 5.60. The zero-order valence-corrected chi connectivity index (χ0v) is 24.9. The number of nitrogens with one attached hydrogen (secondary N) is 1. The third kappa shape index (κ3) is 6.91. The topological polar surface area (TPSA) is 94.0 Å². The van der Waals surface area contributed by atoms with Gasteiger partial charge in [-0.3, -0.25) is 0 Å². The lowest BCUT2D eigenvalue weighted by Crippen LogP contribution is -2.50. The summed E-state index contributed by atoms with van der Waals surface area (Å²) in [5.41, 5.74) is 1.44. The summed E-state index contributed by atoms with van der Waals surface area (Å²) in [4.78, 5) is 20.7. The van der Waals surface area contributed by atoms with Gasteiger partial charge in [-0.1, -0.05) is 12.1 Å². The number of alkyl halides is 3. The Labute approximate surface area is 248 Å². The van der Waals surface area contributed by atoms with Gasteiger partial charge in [0.1, 0.15) is 17.2 Å². The SMILES string of the molecule is COc1ccc([C@@H]2C[C@H](C(F)(F)F)n3nc(Cc4ccc(N5CCN(C(=O)OC(C)(C)C)CC5)nc4)cc3N2)cc1OC. The molecule has 0 aliphatic carbocycles. The van der Waals surface area contributed by atoms with E-state index in [9.17, 15) is 18.0 Å². The summed E-state index contributed by atoms with van der Waals surface area (Å²) >= 11 is 0. The quantitative estimate of drug-likeness (QED) is 0.390. The number of amides is 1. The van der Waals surface area contributed by atoms with Crippen molar-refractivity contribution in [3.63, 3.8) is 0 Å². The third-order valence-electron chi connectivity index (χ3n) is 7.50. The molecule has 5 rings (SSSR count). The first-order valence-corrected chi connectivity index (χ1v) is 14.2. The van der Waals surface area contributed by atoms with E-state index < -0.39 is 23.9 Å². The zero-order chi connectivity index (χ0) is 30.9. The van der Waals surface area contributed by atoms with Crippen LogP contribution in [0.1, 0.15) is 56.1 Å². The predicted molar refractivity (Wildman–Crippen MR) is 155 cm³/mol. The Morgan fingerprint density at radius 2 is 1.72 bits per heavy atom. The molecule has 0 bridgehead atoms. The number of nitrogens with zero attached hydrogens (tertiary/aromatic N) is 5. The number of aromatic nitrogens is 3. The monoisotopic (exact) mass is 602 g/mol. The van der Waals surface area contributed by atoms with Crippen LogP contribution in [0, 0.1) is 0 Å². The summed E-state index contributed by atoms with van der Waals surface area (Å²) in [6.45, 7) is 7.80. The first-order chi connectivity index (χ1) is 20.3. The molecule has 0 spiro atoms. The van der Waals surface area contributed by atoms with Crippen LogP contribution in [-0.2, 0) is 11.2 Å². The molecular formula is C30H37F3N6O4. The number of pyridine rings is 1. The molecule has 4 heterocycles. The van der Waals surface area contributed by atoms with Crippen molar-refractivity contribution in [2.24, 2.45) is 0 Å². The van der Waals surface area contributed by atoms with Gasteiger partial charge in [0.05, 0.1) is 26.0 Å². The standard InChI is InChI=1S/C30H37F3N6O4/c1-29(2,3)43-28(40)38-12-10-37(11-13-38)26-9-6-19(18-34-26)14-21-16-27-35-22(17-25(30(31,32)33)39(27)36-21)20-7-8-23(41-4)24(15-20)42-5/h6-9,15-16,18,22,25,35H,10-14,17H2,1-5H3/t22-,25+/m0/s1. The van der Waals surface area contributed by atoms with Gasteiger partial charge in [-0.15, -0.1) is 0 Å². The fraction of sp³-hybridized carbons (Fsp3) is 0.500. The highest BCUT2D eigenvalue weighted by molar-refractivity contribution is 5.68. The Morgan fingerprint density at radius 3 is 2.33 bits per heavy atom. The van der Waals surface area contributed by atoms with E-state index in [-0.39, 0.29) is 12.5 Å². The van der Waals surface area contributed by atoms with Crippen LogP contribution in [0.3, 0.4) is 0 Å². The summed E-state index contributed by atoms with van der Waals surface area (Å²) in [6, 6.07) is 8.20. The maximum atomic E-state index is 14.2. The van der Waals surface area contributed by atoms with Crippen molar-refractivity contribution in [2.45, 2.75) is 57.5 Å². The molecule has 0 radical (unpaired) electrons. The van der Waals surface area contributed by atoms with Gasteiger partial charge in [0.25, 0.3) is 0 Å². The number of methoxy groups -OCH3 is 2. The minimum absolute atomic E-state index is 0.218. The summed E-state index contributed by atoms with van der Waals surface area (Å²) in [7, 11) is 3.00. The number of halogens is 3. The van der Waals surface area contributed by atoms with E-state index in [0.717, 1.165) is 16.1 Å². The molecule has 10 nitrogen and oxygen atoms in total. The van der Waals surface area contributed by atoms with Crippen LogP contribution in [0.15, 0.2) is 42.6 Å². The van der Waals surface area contributed by atoms with Crippen molar-refractivity contribution in [3.8, 4) is 11.5 Å². The van der Waals surface area contributed by atoms with Gasteiger partial charge in [0.2, 0.25) is 0 Å². The van der Waals surface area contributed by atoms with Crippen molar-refractivity contribution < 1.29 is 32.2 Å². The second-order valence-corrected chi connectivity index (χ2v) is 11.7. The Balaban J connectivity index is 1.26. The molecule has 1 fully saturated rings. The second kappa shape index (κ2) is 11.8. The molecule has 2 aliphatic rings. The maximum absolute atomic E-state index is 14.2. The molecule has 1 amide bonds. The summed E-state index contributed by atoms with van der Waals surface area (Å²) in [6.07, 6.45) is -2.98. The molecule has 43 heavy (non-hydrogen) atoms. The van der Waals surface area contributed by atoms with Crippen LogP contribution in [0.2, 0.25) is 0 Å². The first kappa shape index (κ1) is 30.3. The minimum Gasteiger partial charge on any atom is -0.493 e. The van der Waals surface area contributed by atoms with E-state index in [4.69, 9.17) is 14.2 Å². The number of carbonyl (C=O) groups is 1. The average Bonchev–Trinajstić information content (AvgIpc) is 3.37. The average molecular weight is 603 g/mol. The number of fused-ring (bicyclic) bond motifs is 1. The molecular weight excluding hydrogens is 565 g/mol. The lowest BCUT2D eigenvalue weighted by atomic mass is 9.96. The highest BCUT2D eigenvalue weighted by atomic mass is 19.4. The molecule has 1 aromatic carbocycles. The van der Waals surface area contributed by atoms with Crippen LogP contribution in [0.4, 0.5) is 29.6 Å². The number of piperazine rings is 1. The van der Waals surface area contributed by atoms with Crippen LogP contribution >= 0.6 is 0 Å². The van der Waals surface area contributed by atoms with E-state index in [1.165, 1.54) is 14.2 Å². The van der Waals surface area contributed by atoms with Crippen molar-refractivity contribution in [2.75, 3.05) is 50.6 Å². The second-order valence-electron chi connectivity index (χ2n) is 11.7. The van der Waals surface area contributed by atoms with Gasteiger partial charge < -0.3 is 29.3 Å². The van der Waals surface area contributed by atoms with Crippen LogP contribution < -0.4 is 19.7 Å². The molecule has 232 valence electrons. The maximum Gasteiger partial charge on any atom is 0.410 e. The molecule has 13 heteroatoms. The molecule has 3 aromatic rings. The highest BCUT2D eigenvalue weighted by Crippen LogP contribution is 2.44. The minimum atomic E-state index is -4.48. The zero-order valence-electron chi connectivity index (χ0n) is 24.9. The van der Waals surface area contributed by atoms with E-state index in [2.05, 4.69) is 20.3 Å². The van der Waals surface area contributed by atoms with Crippen molar-refractivity contribution in [3.05, 3.63) is 59.4 Å². The van der Waals surface area contributed by atoms with Crippen molar-refractivity contribution in [1.82, 2.24) is 19.7 Å². The molecule has 2 atom stereocenters. The Hall–Kier alpha value is -4.16. The fourth-order valence-corrected chi connectivity index (χ4v) is 5.36. The van der Waals surface area contributed by atoms with E-state index in [1.807, 2.05) is 32.9 Å². The molecule has 1 N–H and O–H groups in total. The first-order valence-electron chi connectivity index (χ1n) is 14.2. The van der Waals surface area contributed by atoms with Gasteiger partial charge in [-0.25, -0.2) is 14.5 Å². The molecule has 2 aromatic heterocycles. The Morgan fingerprint density at radius 1 is 1.00 bits per heavy atom. The number of ether oxygens (including phenoxy) is 3. The van der Waals surface area contributed by atoms with E-state index in [0.29, 0.717) is 61.2 Å². The van der Waals surface area contributed by atoms with Gasteiger partial charge >= 0.3 is 12.3 Å². The summed E-state index contributed by atoms with van der Waals surface area (Å²) in [5.74, 6) is 2.03.